The molecule has 0 bridgehead atoms. The van der Waals surface area contributed by atoms with Crippen molar-refractivity contribution >= 4 is 29.2 Å². The maximum absolute atomic E-state index is 11.6. The van der Waals surface area contributed by atoms with Crippen molar-refractivity contribution in [3.05, 3.63) is 53.6 Å². The minimum atomic E-state index is -0.707. The molecule has 0 radical (unpaired) electrons. The number of benzene rings is 2. The fourth-order valence-corrected chi connectivity index (χ4v) is 1.94. The lowest BCUT2D eigenvalue weighted by atomic mass is 10.3. The van der Waals surface area contributed by atoms with Gasteiger partial charge in [0, 0.05) is 5.02 Å². The van der Waals surface area contributed by atoms with Crippen LogP contribution in [0.5, 0.6) is 17.2 Å². The minimum Gasteiger partial charge on any atom is -0.479 e. The summed E-state index contributed by atoms with van der Waals surface area (Å²) in [4.78, 5) is 11.6. The summed E-state index contributed by atoms with van der Waals surface area (Å²) in [7, 11) is 0. The van der Waals surface area contributed by atoms with Gasteiger partial charge in [-0.05, 0) is 55.5 Å². The third kappa shape index (κ3) is 5.66. The van der Waals surface area contributed by atoms with E-state index in [0.717, 1.165) is 0 Å². The van der Waals surface area contributed by atoms with Crippen LogP contribution >= 0.6 is 23.2 Å². The highest BCUT2D eigenvalue weighted by Gasteiger charge is 2.16. The SMILES string of the molecule is C[C@@H](Oc1ccc(Oc2ccc(Cl)cc2)cc1)C(=O)OCCCl. The van der Waals surface area contributed by atoms with E-state index < -0.39 is 12.1 Å². The monoisotopic (exact) mass is 354 g/mol. The molecule has 0 fully saturated rings. The zero-order valence-electron chi connectivity index (χ0n) is 12.5. The number of alkyl halides is 1. The number of ether oxygens (including phenoxy) is 3. The molecule has 0 aliphatic rings. The largest absolute Gasteiger partial charge is 0.479 e. The highest BCUT2D eigenvalue weighted by molar-refractivity contribution is 6.30. The van der Waals surface area contributed by atoms with Crippen LogP contribution < -0.4 is 9.47 Å². The maximum Gasteiger partial charge on any atom is 0.347 e. The number of carbonyl (C=O) groups is 1. The number of esters is 1. The van der Waals surface area contributed by atoms with Crippen LogP contribution in [-0.4, -0.2) is 24.6 Å². The van der Waals surface area contributed by atoms with Crippen molar-refractivity contribution in [1.29, 1.82) is 0 Å². The van der Waals surface area contributed by atoms with E-state index in [1.165, 1.54) is 0 Å². The van der Waals surface area contributed by atoms with Crippen molar-refractivity contribution in [2.45, 2.75) is 13.0 Å². The third-order valence-electron chi connectivity index (χ3n) is 2.84. The molecule has 0 N–H and O–H groups in total. The molecule has 122 valence electrons. The lowest BCUT2D eigenvalue weighted by Gasteiger charge is -2.14. The van der Waals surface area contributed by atoms with Crippen LogP contribution in [0, 0.1) is 0 Å². The molecule has 0 saturated carbocycles. The van der Waals surface area contributed by atoms with Crippen LogP contribution in [0.1, 0.15) is 6.92 Å². The number of rotatable bonds is 7. The molecule has 2 aromatic rings. The lowest BCUT2D eigenvalue weighted by molar-refractivity contribution is -0.150. The average molecular weight is 355 g/mol. The second-order valence-electron chi connectivity index (χ2n) is 4.64. The summed E-state index contributed by atoms with van der Waals surface area (Å²) >= 11 is 11.3. The first-order valence-corrected chi connectivity index (χ1v) is 7.92. The molecule has 4 nitrogen and oxygen atoms in total. The standard InChI is InChI=1S/C17H16Cl2O4/c1-12(17(20)21-11-10-18)22-14-6-8-16(9-7-14)23-15-4-2-13(19)3-5-15/h2-9,12H,10-11H2,1H3/t12-/m1/s1. The smallest absolute Gasteiger partial charge is 0.347 e. The molecule has 23 heavy (non-hydrogen) atoms. The van der Waals surface area contributed by atoms with E-state index in [1.54, 1.807) is 55.5 Å². The van der Waals surface area contributed by atoms with E-state index in [-0.39, 0.29) is 12.5 Å². The predicted molar refractivity (Wildman–Crippen MR) is 89.7 cm³/mol. The molecule has 0 spiro atoms. The van der Waals surface area contributed by atoms with Crippen LogP contribution in [0.3, 0.4) is 0 Å². The summed E-state index contributed by atoms with van der Waals surface area (Å²) < 4.78 is 16.1. The normalized spacial score (nSPS) is 11.6. The van der Waals surface area contributed by atoms with Gasteiger partial charge in [-0.25, -0.2) is 4.79 Å². The topological polar surface area (TPSA) is 44.8 Å². The van der Waals surface area contributed by atoms with Gasteiger partial charge in [-0.15, -0.1) is 11.6 Å². The van der Waals surface area contributed by atoms with Crippen LogP contribution in [0.25, 0.3) is 0 Å². The van der Waals surface area contributed by atoms with Crippen LogP contribution in [0.15, 0.2) is 48.5 Å². The van der Waals surface area contributed by atoms with Crippen molar-refractivity contribution in [2.75, 3.05) is 12.5 Å². The summed E-state index contributed by atoms with van der Waals surface area (Å²) in [6.45, 7) is 1.79. The molecule has 0 aliphatic carbocycles. The predicted octanol–water partition coefficient (Wildman–Crippen LogP) is 4.68. The Morgan fingerprint density at radius 1 is 1.00 bits per heavy atom. The van der Waals surface area contributed by atoms with Gasteiger partial charge >= 0.3 is 5.97 Å². The van der Waals surface area contributed by atoms with E-state index in [1.807, 2.05) is 0 Å². The first-order valence-electron chi connectivity index (χ1n) is 7.01. The third-order valence-corrected chi connectivity index (χ3v) is 3.25. The fraction of sp³-hybridized carbons (Fsp3) is 0.235. The van der Waals surface area contributed by atoms with Crippen molar-refractivity contribution < 1.29 is 19.0 Å². The highest BCUT2D eigenvalue weighted by Crippen LogP contribution is 2.25. The summed E-state index contributed by atoms with van der Waals surface area (Å²) in [6, 6.07) is 14.0. The van der Waals surface area contributed by atoms with Crippen LogP contribution in [0.2, 0.25) is 5.02 Å². The second kappa shape index (κ2) is 8.65. The minimum absolute atomic E-state index is 0.169. The number of halogens is 2. The number of hydrogen-bond donors (Lipinski definition) is 0. The Labute approximate surface area is 144 Å². The van der Waals surface area contributed by atoms with Crippen LogP contribution in [0.4, 0.5) is 0 Å². The number of carbonyl (C=O) groups excluding carboxylic acids is 1. The van der Waals surface area contributed by atoms with Crippen molar-refractivity contribution in [3.8, 4) is 17.2 Å². The zero-order chi connectivity index (χ0) is 16.7. The van der Waals surface area contributed by atoms with E-state index in [2.05, 4.69) is 0 Å². The first kappa shape index (κ1) is 17.4. The van der Waals surface area contributed by atoms with Crippen molar-refractivity contribution in [1.82, 2.24) is 0 Å². The molecular weight excluding hydrogens is 339 g/mol. The Morgan fingerprint density at radius 2 is 1.52 bits per heavy atom. The summed E-state index contributed by atoms with van der Waals surface area (Å²) in [5, 5.41) is 0.649. The Hall–Kier alpha value is -1.91. The summed E-state index contributed by atoms with van der Waals surface area (Å²) in [6.07, 6.45) is -0.707. The Bertz CT molecular complexity index is 626. The molecule has 1 atom stereocenters. The highest BCUT2D eigenvalue weighted by atomic mass is 35.5. The summed E-state index contributed by atoms with van der Waals surface area (Å²) in [5.41, 5.74) is 0. The van der Waals surface area contributed by atoms with Crippen molar-refractivity contribution in [2.24, 2.45) is 0 Å². The maximum atomic E-state index is 11.6. The van der Waals surface area contributed by atoms with Gasteiger partial charge in [0.1, 0.15) is 23.9 Å². The second-order valence-corrected chi connectivity index (χ2v) is 5.46. The average Bonchev–Trinajstić information content (AvgIpc) is 2.56. The van der Waals surface area contributed by atoms with E-state index >= 15 is 0 Å². The summed E-state index contributed by atoms with van der Waals surface area (Å²) in [5.74, 6) is 1.68. The molecule has 0 unspecified atom stereocenters. The van der Waals surface area contributed by atoms with Gasteiger partial charge in [-0.1, -0.05) is 11.6 Å². The molecule has 0 aromatic heterocycles. The van der Waals surface area contributed by atoms with Gasteiger partial charge in [0.05, 0.1) is 5.88 Å². The molecule has 0 aliphatic heterocycles. The Morgan fingerprint density at radius 3 is 2.09 bits per heavy atom. The van der Waals surface area contributed by atoms with Gasteiger partial charge in [-0.2, -0.15) is 0 Å². The first-order chi connectivity index (χ1) is 11.1. The molecular formula is C17H16Cl2O4. The van der Waals surface area contributed by atoms with Gasteiger partial charge in [0.15, 0.2) is 6.10 Å². The quantitative estimate of drug-likeness (QED) is 0.534. The van der Waals surface area contributed by atoms with Gasteiger partial charge in [0.2, 0.25) is 0 Å². The molecule has 6 heteroatoms. The molecule has 0 heterocycles. The molecule has 2 aromatic carbocycles. The lowest BCUT2D eigenvalue weighted by Crippen LogP contribution is -2.26. The van der Waals surface area contributed by atoms with Gasteiger partial charge in [0.25, 0.3) is 0 Å². The fourth-order valence-electron chi connectivity index (χ4n) is 1.73. The Balaban J connectivity index is 1.91. The Kier molecular flexibility index (Phi) is 6.56. The molecule has 0 amide bonds. The van der Waals surface area contributed by atoms with Gasteiger partial charge < -0.3 is 14.2 Å². The van der Waals surface area contributed by atoms with Crippen LogP contribution in [-0.2, 0) is 9.53 Å². The number of hydrogen-bond acceptors (Lipinski definition) is 4. The van der Waals surface area contributed by atoms with E-state index in [0.29, 0.717) is 22.3 Å². The molecule has 0 saturated heterocycles. The zero-order valence-corrected chi connectivity index (χ0v) is 14.0. The van der Waals surface area contributed by atoms with Crippen molar-refractivity contribution in [3.63, 3.8) is 0 Å². The van der Waals surface area contributed by atoms with E-state index in [4.69, 9.17) is 37.4 Å². The van der Waals surface area contributed by atoms with Gasteiger partial charge in [-0.3, -0.25) is 0 Å². The molecule has 2 rings (SSSR count). The van der Waals surface area contributed by atoms with E-state index in [9.17, 15) is 4.79 Å².